The summed E-state index contributed by atoms with van der Waals surface area (Å²) in [6, 6.07) is 9.81. The third-order valence-corrected chi connectivity index (χ3v) is 4.59. The van der Waals surface area contributed by atoms with Crippen LogP contribution >= 0.6 is 0 Å². The Kier molecular flexibility index (Phi) is 5.12. The first-order chi connectivity index (χ1) is 12.9. The first-order valence-corrected chi connectivity index (χ1v) is 9.03. The monoisotopic (exact) mass is 346 g/mol. The Labute approximate surface area is 153 Å². The molecule has 0 spiro atoms. The lowest BCUT2D eigenvalue weighted by Crippen LogP contribution is -2.33. The lowest BCUT2D eigenvalue weighted by Gasteiger charge is -2.23. The largest absolute Gasteiger partial charge is 0.370 e. The molecule has 1 atom stereocenters. The number of nitrogens with zero attached hydrogens (tertiary/aromatic N) is 4. The van der Waals surface area contributed by atoms with Gasteiger partial charge in [-0.1, -0.05) is 0 Å². The average Bonchev–Trinajstić information content (AvgIpc) is 2.74. The van der Waals surface area contributed by atoms with E-state index in [0.717, 1.165) is 42.3 Å². The molecule has 0 aromatic carbocycles. The van der Waals surface area contributed by atoms with E-state index in [9.17, 15) is 0 Å². The normalized spacial score (nSPS) is 17.0. The molecule has 6 nitrogen and oxygen atoms in total. The molecule has 3 aromatic rings. The van der Waals surface area contributed by atoms with Gasteiger partial charge in [0.25, 0.3) is 0 Å². The molecule has 132 valence electrons. The summed E-state index contributed by atoms with van der Waals surface area (Å²) < 4.78 is 0. The molecule has 0 aliphatic carbocycles. The van der Waals surface area contributed by atoms with Crippen molar-refractivity contribution in [2.75, 3.05) is 25.0 Å². The molecule has 3 aromatic heterocycles. The highest BCUT2D eigenvalue weighted by molar-refractivity contribution is 5.66. The summed E-state index contributed by atoms with van der Waals surface area (Å²) in [6.07, 6.45) is 9.59. The lowest BCUT2D eigenvalue weighted by atomic mass is 10.00. The van der Waals surface area contributed by atoms with Gasteiger partial charge in [0.1, 0.15) is 5.82 Å². The third kappa shape index (κ3) is 4.03. The maximum Gasteiger partial charge on any atom is 0.163 e. The standard InChI is InChI=1S/C20H22N6/c1-3-15(12-22-7-1)13-24-19-11-18(16-5-9-21-10-6-16)25-20(26-19)17-4-2-8-23-14-17/h2,4-6,8-11,14-15,22H,1,3,7,12-13H2,(H,24,25,26). The van der Waals surface area contributed by atoms with Crippen molar-refractivity contribution in [3.63, 3.8) is 0 Å². The number of aromatic nitrogens is 4. The van der Waals surface area contributed by atoms with E-state index in [1.807, 2.05) is 30.3 Å². The van der Waals surface area contributed by atoms with Crippen LogP contribution in [0.25, 0.3) is 22.6 Å². The van der Waals surface area contributed by atoms with E-state index in [4.69, 9.17) is 9.97 Å². The van der Waals surface area contributed by atoms with Crippen LogP contribution < -0.4 is 10.6 Å². The van der Waals surface area contributed by atoms with Gasteiger partial charge >= 0.3 is 0 Å². The van der Waals surface area contributed by atoms with Crippen molar-refractivity contribution in [1.82, 2.24) is 25.3 Å². The first kappa shape index (κ1) is 16.6. The summed E-state index contributed by atoms with van der Waals surface area (Å²) in [7, 11) is 0. The summed E-state index contributed by atoms with van der Waals surface area (Å²) in [6.45, 7) is 3.10. The Morgan fingerprint density at radius 3 is 2.73 bits per heavy atom. The van der Waals surface area contributed by atoms with Crippen molar-refractivity contribution in [1.29, 1.82) is 0 Å². The van der Waals surface area contributed by atoms with E-state index in [-0.39, 0.29) is 0 Å². The van der Waals surface area contributed by atoms with E-state index in [0.29, 0.717) is 11.7 Å². The fourth-order valence-electron chi connectivity index (χ4n) is 3.18. The molecule has 0 bridgehead atoms. The van der Waals surface area contributed by atoms with E-state index in [2.05, 4.69) is 20.6 Å². The number of pyridine rings is 2. The van der Waals surface area contributed by atoms with Gasteiger partial charge < -0.3 is 10.6 Å². The topological polar surface area (TPSA) is 75.6 Å². The minimum Gasteiger partial charge on any atom is -0.370 e. The molecule has 1 aliphatic heterocycles. The van der Waals surface area contributed by atoms with E-state index >= 15 is 0 Å². The zero-order valence-corrected chi connectivity index (χ0v) is 14.6. The fourth-order valence-corrected chi connectivity index (χ4v) is 3.18. The van der Waals surface area contributed by atoms with Crippen LogP contribution in [-0.4, -0.2) is 39.6 Å². The maximum absolute atomic E-state index is 4.74. The molecule has 1 fully saturated rings. The van der Waals surface area contributed by atoms with Gasteiger partial charge in [0, 0.05) is 48.5 Å². The molecule has 1 saturated heterocycles. The number of piperidine rings is 1. The predicted octanol–water partition coefficient (Wildman–Crippen LogP) is 3.01. The van der Waals surface area contributed by atoms with Crippen LogP contribution in [0.2, 0.25) is 0 Å². The predicted molar refractivity (Wildman–Crippen MR) is 103 cm³/mol. The quantitative estimate of drug-likeness (QED) is 0.740. The second kappa shape index (κ2) is 8.01. The molecule has 6 heteroatoms. The van der Waals surface area contributed by atoms with Crippen LogP contribution in [0.15, 0.2) is 55.1 Å². The summed E-state index contributed by atoms with van der Waals surface area (Å²) in [5.41, 5.74) is 2.81. The van der Waals surface area contributed by atoms with Gasteiger partial charge in [0.2, 0.25) is 0 Å². The lowest BCUT2D eigenvalue weighted by molar-refractivity contribution is 0.392. The van der Waals surface area contributed by atoms with Gasteiger partial charge in [0.15, 0.2) is 5.82 Å². The highest BCUT2D eigenvalue weighted by Gasteiger charge is 2.14. The first-order valence-electron chi connectivity index (χ1n) is 9.03. The summed E-state index contributed by atoms with van der Waals surface area (Å²) in [5.74, 6) is 2.15. The molecule has 1 aliphatic rings. The SMILES string of the molecule is c1cncc(-c2nc(NCC3CCCNC3)cc(-c3ccncc3)n2)c1. The number of anilines is 1. The molecular weight excluding hydrogens is 324 g/mol. The number of hydrogen-bond donors (Lipinski definition) is 2. The Morgan fingerprint density at radius 1 is 1.04 bits per heavy atom. The van der Waals surface area contributed by atoms with E-state index in [1.165, 1.54) is 12.8 Å². The highest BCUT2D eigenvalue weighted by Crippen LogP contribution is 2.24. The third-order valence-electron chi connectivity index (χ3n) is 4.59. The molecular formula is C20H22N6. The molecule has 26 heavy (non-hydrogen) atoms. The molecule has 0 saturated carbocycles. The summed E-state index contributed by atoms with van der Waals surface area (Å²) >= 11 is 0. The zero-order valence-electron chi connectivity index (χ0n) is 14.6. The van der Waals surface area contributed by atoms with Crippen LogP contribution in [0.4, 0.5) is 5.82 Å². The van der Waals surface area contributed by atoms with Crippen LogP contribution in [0.3, 0.4) is 0 Å². The molecule has 0 amide bonds. The average molecular weight is 346 g/mol. The zero-order chi connectivity index (χ0) is 17.6. The van der Waals surface area contributed by atoms with Crippen molar-refractivity contribution < 1.29 is 0 Å². The Morgan fingerprint density at radius 2 is 1.96 bits per heavy atom. The van der Waals surface area contributed by atoms with Gasteiger partial charge in [0.05, 0.1) is 5.69 Å². The van der Waals surface area contributed by atoms with Gasteiger partial charge in [-0.3, -0.25) is 9.97 Å². The second-order valence-electron chi connectivity index (χ2n) is 6.53. The van der Waals surface area contributed by atoms with Crippen molar-refractivity contribution in [3.05, 3.63) is 55.1 Å². The second-order valence-corrected chi connectivity index (χ2v) is 6.53. The fraction of sp³-hybridized carbons (Fsp3) is 0.300. The molecule has 4 heterocycles. The van der Waals surface area contributed by atoms with Crippen LogP contribution in [-0.2, 0) is 0 Å². The minimum atomic E-state index is 0.630. The number of rotatable bonds is 5. The maximum atomic E-state index is 4.74. The Balaban J connectivity index is 1.64. The van der Waals surface area contributed by atoms with Crippen LogP contribution in [0.5, 0.6) is 0 Å². The van der Waals surface area contributed by atoms with Gasteiger partial charge in [-0.05, 0) is 56.1 Å². The van der Waals surface area contributed by atoms with Crippen molar-refractivity contribution in [3.8, 4) is 22.6 Å². The van der Waals surface area contributed by atoms with E-state index in [1.54, 1.807) is 24.8 Å². The van der Waals surface area contributed by atoms with Crippen LogP contribution in [0, 0.1) is 5.92 Å². The summed E-state index contributed by atoms with van der Waals surface area (Å²) in [5, 5.41) is 6.97. The smallest absolute Gasteiger partial charge is 0.163 e. The Hall–Kier alpha value is -2.86. The molecule has 1 unspecified atom stereocenters. The minimum absolute atomic E-state index is 0.630. The van der Waals surface area contributed by atoms with Crippen LogP contribution in [0.1, 0.15) is 12.8 Å². The molecule has 2 N–H and O–H groups in total. The molecule has 0 radical (unpaired) electrons. The number of nitrogens with one attached hydrogen (secondary N) is 2. The van der Waals surface area contributed by atoms with Gasteiger partial charge in [-0.15, -0.1) is 0 Å². The van der Waals surface area contributed by atoms with Gasteiger partial charge in [-0.25, -0.2) is 9.97 Å². The van der Waals surface area contributed by atoms with E-state index < -0.39 is 0 Å². The van der Waals surface area contributed by atoms with Crippen molar-refractivity contribution in [2.24, 2.45) is 5.92 Å². The molecule has 4 rings (SSSR count). The highest BCUT2D eigenvalue weighted by atomic mass is 15.0. The summed E-state index contributed by atoms with van der Waals surface area (Å²) in [4.78, 5) is 17.7. The van der Waals surface area contributed by atoms with Gasteiger partial charge in [-0.2, -0.15) is 0 Å². The van der Waals surface area contributed by atoms with Crippen molar-refractivity contribution in [2.45, 2.75) is 12.8 Å². The number of hydrogen-bond acceptors (Lipinski definition) is 6. The van der Waals surface area contributed by atoms with Crippen molar-refractivity contribution >= 4 is 5.82 Å². The Bertz CT molecular complexity index is 774.